The lowest BCUT2D eigenvalue weighted by Gasteiger charge is -2.17. The number of hydrogen-bond donors (Lipinski definition) is 0. The second kappa shape index (κ2) is 6.90. The molecule has 0 bridgehead atoms. The summed E-state index contributed by atoms with van der Waals surface area (Å²) in [4.78, 5) is 0. The van der Waals surface area contributed by atoms with Gasteiger partial charge in [0.15, 0.2) is 0 Å². The Morgan fingerprint density at radius 2 is 1.43 bits per heavy atom. The van der Waals surface area contributed by atoms with E-state index in [2.05, 4.69) is 75.6 Å². The molecule has 0 saturated carbocycles. The van der Waals surface area contributed by atoms with E-state index in [1.54, 1.807) is 0 Å². The fraction of sp³-hybridized carbons (Fsp3) is 0.143. The highest BCUT2D eigenvalue weighted by Crippen LogP contribution is 2.34. The quantitative estimate of drug-likeness (QED) is 0.563. The van der Waals surface area contributed by atoms with Crippen LogP contribution in [0.15, 0.2) is 55.7 Å². The van der Waals surface area contributed by atoms with Gasteiger partial charge in [-0.15, -0.1) is 6.58 Å². The van der Waals surface area contributed by atoms with Gasteiger partial charge in [-0.2, -0.15) is 0 Å². The summed E-state index contributed by atoms with van der Waals surface area (Å²) in [6.45, 7) is 12.1. The molecular formula is C21H22. The molecule has 21 heavy (non-hydrogen) atoms. The van der Waals surface area contributed by atoms with Crippen molar-refractivity contribution >= 4 is 29.0 Å². The van der Waals surface area contributed by atoms with Crippen molar-refractivity contribution in [3.63, 3.8) is 0 Å². The highest BCUT2D eigenvalue weighted by atomic mass is 14.2. The molecule has 0 aromatic heterocycles. The zero-order valence-corrected chi connectivity index (χ0v) is 12.9. The molecule has 0 atom stereocenters. The van der Waals surface area contributed by atoms with Gasteiger partial charge in [0.1, 0.15) is 0 Å². The van der Waals surface area contributed by atoms with E-state index in [-0.39, 0.29) is 0 Å². The number of benzene rings is 2. The highest BCUT2D eigenvalue weighted by molar-refractivity contribution is 6.01. The van der Waals surface area contributed by atoms with Crippen molar-refractivity contribution in [2.75, 3.05) is 0 Å². The highest BCUT2D eigenvalue weighted by Gasteiger charge is 2.13. The largest absolute Gasteiger partial charge is 0.103 e. The SMILES string of the molecule is C=CCc1c(/C=C\C)c(C=C)c2ccccc2c1/C=C\C. The van der Waals surface area contributed by atoms with Crippen molar-refractivity contribution < 1.29 is 0 Å². The molecule has 0 nitrogen and oxygen atoms in total. The van der Waals surface area contributed by atoms with Gasteiger partial charge in [0.2, 0.25) is 0 Å². The number of rotatable bonds is 5. The molecule has 0 heteroatoms. The van der Waals surface area contributed by atoms with E-state index in [9.17, 15) is 0 Å². The molecule has 0 aliphatic heterocycles. The van der Waals surface area contributed by atoms with Gasteiger partial charge in [-0.1, -0.05) is 67.3 Å². The second-order valence-corrected chi connectivity index (χ2v) is 4.96. The third-order valence-electron chi connectivity index (χ3n) is 3.67. The molecule has 0 aliphatic carbocycles. The maximum atomic E-state index is 4.02. The van der Waals surface area contributed by atoms with E-state index < -0.39 is 0 Å². The normalized spacial score (nSPS) is 11.5. The van der Waals surface area contributed by atoms with Crippen LogP contribution in [0.1, 0.15) is 36.1 Å². The van der Waals surface area contributed by atoms with Crippen molar-refractivity contribution in [2.24, 2.45) is 0 Å². The third-order valence-corrected chi connectivity index (χ3v) is 3.67. The fourth-order valence-corrected chi connectivity index (χ4v) is 2.87. The zero-order valence-electron chi connectivity index (χ0n) is 12.9. The van der Waals surface area contributed by atoms with Gasteiger partial charge in [0.05, 0.1) is 0 Å². The minimum absolute atomic E-state index is 0.852. The maximum Gasteiger partial charge on any atom is -0.00878 e. The van der Waals surface area contributed by atoms with Crippen molar-refractivity contribution in [1.29, 1.82) is 0 Å². The van der Waals surface area contributed by atoms with Crippen LogP contribution in [0.3, 0.4) is 0 Å². The van der Waals surface area contributed by atoms with Crippen molar-refractivity contribution in [1.82, 2.24) is 0 Å². The molecule has 0 heterocycles. The first kappa shape index (κ1) is 15.1. The van der Waals surface area contributed by atoms with Crippen molar-refractivity contribution in [2.45, 2.75) is 20.3 Å². The third kappa shape index (κ3) is 2.75. The molecule has 0 amide bonds. The summed E-state index contributed by atoms with van der Waals surface area (Å²) in [6, 6.07) is 8.53. The summed E-state index contributed by atoms with van der Waals surface area (Å²) in [5, 5.41) is 2.53. The molecule has 0 aliphatic rings. The summed E-state index contributed by atoms with van der Waals surface area (Å²) >= 11 is 0. The molecule has 2 aromatic rings. The van der Waals surface area contributed by atoms with Crippen LogP contribution in [0.25, 0.3) is 29.0 Å². The minimum atomic E-state index is 0.852. The molecule has 0 N–H and O–H groups in total. The van der Waals surface area contributed by atoms with Crippen LogP contribution < -0.4 is 0 Å². The molecule has 0 saturated heterocycles. The fourth-order valence-electron chi connectivity index (χ4n) is 2.87. The van der Waals surface area contributed by atoms with Gasteiger partial charge >= 0.3 is 0 Å². The van der Waals surface area contributed by atoms with Crippen molar-refractivity contribution in [3.8, 4) is 0 Å². The van der Waals surface area contributed by atoms with Crippen LogP contribution in [-0.2, 0) is 6.42 Å². The van der Waals surface area contributed by atoms with E-state index in [4.69, 9.17) is 0 Å². The van der Waals surface area contributed by atoms with Gasteiger partial charge in [0, 0.05) is 0 Å². The van der Waals surface area contributed by atoms with Gasteiger partial charge in [-0.25, -0.2) is 0 Å². The van der Waals surface area contributed by atoms with E-state index in [0.717, 1.165) is 6.42 Å². The first-order chi connectivity index (χ1) is 10.3. The Morgan fingerprint density at radius 1 is 0.857 bits per heavy atom. The summed E-state index contributed by atoms with van der Waals surface area (Å²) in [6.07, 6.45) is 13.3. The Balaban J connectivity index is 3.04. The van der Waals surface area contributed by atoms with E-state index in [1.165, 1.54) is 33.0 Å². The lowest BCUT2D eigenvalue weighted by Crippen LogP contribution is -1.98. The maximum absolute atomic E-state index is 4.02. The predicted octanol–water partition coefficient (Wildman–Crippen LogP) is 6.28. The van der Waals surface area contributed by atoms with Gasteiger partial charge in [-0.05, 0) is 53.3 Å². The number of hydrogen-bond acceptors (Lipinski definition) is 0. The van der Waals surface area contributed by atoms with Crippen LogP contribution in [0, 0.1) is 0 Å². The number of fused-ring (bicyclic) bond motifs is 1. The lowest BCUT2D eigenvalue weighted by atomic mass is 9.87. The monoisotopic (exact) mass is 274 g/mol. The number of allylic oxidation sites excluding steroid dienone is 3. The summed E-state index contributed by atoms with van der Waals surface area (Å²) in [7, 11) is 0. The summed E-state index contributed by atoms with van der Waals surface area (Å²) in [5.41, 5.74) is 5.05. The molecule has 0 radical (unpaired) electrons. The average Bonchev–Trinajstić information content (AvgIpc) is 2.51. The Bertz CT molecular complexity index is 727. The molecule has 0 spiro atoms. The molecule has 0 fully saturated rings. The smallest absolute Gasteiger partial charge is 0.00878 e. The first-order valence-corrected chi connectivity index (χ1v) is 7.34. The van der Waals surface area contributed by atoms with Gasteiger partial charge in [0.25, 0.3) is 0 Å². The Morgan fingerprint density at radius 3 is 1.95 bits per heavy atom. The molecule has 2 aromatic carbocycles. The summed E-state index contributed by atoms with van der Waals surface area (Å²) in [5.74, 6) is 0. The average molecular weight is 274 g/mol. The second-order valence-electron chi connectivity index (χ2n) is 4.96. The molecular weight excluding hydrogens is 252 g/mol. The lowest BCUT2D eigenvalue weighted by molar-refractivity contribution is 1.26. The van der Waals surface area contributed by atoms with E-state index >= 15 is 0 Å². The van der Waals surface area contributed by atoms with Crippen LogP contribution >= 0.6 is 0 Å². The Labute approximate surface area is 127 Å². The summed E-state index contributed by atoms with van der Waals surface area (Å²) < 4.78 is 0. The van der Waals surface area contributed by atoms with Crippen LogP contribution in [0.2, 0.25) is 0 Å². The van der Waals surface area contributed by atoms with Gasteiger partial charge < -0.3 is 0 Å². The van der Waals surface area contributed by atoms with Crippen molar-refractivity contribution in [3.05, 3.63) is 77.9 Å². The van der Waals surface area contributed by atoms with E-state index in [0.29, 0.717) is 0 Å². The molecule has 106 valence electrons. The Kier molecular flexibility index (Phi) is 4.94. The van der Waals surface area contributed by atoms with Crippen LogP contribution in [0.5, 0.6) is 0 Å². The topological polar surface area (TPSA) is 0 Å². The molecule has 0 unspecified atom stereocenters. The van der Waals surface area contributed by atoms with Gasteiger partial charge in [-0.3, -0.25) is 0 Å². The standard InChI is InChI=1S/C21H22/c1-5-11-17-16(8-4)20-14-9-10-15-21(20)19(13-7-3)18(17)12-6-2/h5-11,13-15H,2,4,12H2,1,3H3/b11-5-,13-7-. The zero-order chi connectivity index (χ0) is 15.2. The Hall–Kier alpha value is -2.34. The minimum Gasteiger partial charge on any atom is -0.103 e. The predicted molar refractivity (Wildman–Crippen MR) is 97.4 cm³/mol. The van der Waals surface area contributed by atoms with Crippen LogP contribution in [-0.4, -0.2) is 0 Å². The van der Waals surface area contributed by atoms with E-state index in [1.807, 2.05) is 12.2 Å². The van der Waals surface area contributed by atoms with Crippen LogP contribution in [0.4, 0.5) is 0 Å². The molecule has 2 rings (SSSR count). The first-order valence-electron chi connectivity index (χ1n) is 7.34.